The number of benzene rings is 3. The fraction of sp³-hybridized carbons (Fsp3) is 0.0435. The van der Waals surface area contributed by atoms with Crippen LogP contribution in [0.5, 0.6) is 0 Å². The number of aliphatic hydroxyl groups is 1. The highest BCUT2D eigenvalue weighted by molar-refractivity contribution is 6.51. The molecular formula is C23H16FNO3. The van der Waals surface area contributed by atoms with Crippen molar-refractivity contribution < 1.29 is 19.1 Å². The lowest BCUT2D eigenvalue weighted by atomic mass is 9.95. The van der Waals surface area contributed by atoms with Crippen LogP contribution in [0.4, 0.5) is 10.1 Å². The molecule has 1 aliphatic rings. The van der Waals surface area contributed by atoms with Crippen molar-refractivity contribution in [2.75, 3.05) is 4.90 Å². The third-order valence-electron chi connectivity index (χ3n) is 4.71. The summed E-state index contributed by atoms with van der Waals surface area (Å²) in [7, 11) is 0. The second-order valence-electron chi connectivity index (χ2n) is 6.42. The number of Topliss-reactive ketones (excluding diaryl/α,β-unsaturated/α-hetero) is 1. The summed E-state index contributed by atoms with van der Waals surface area (Å²) in [5.74, 6) is -2.23. The van der Waals surface area contributed by atoms with Crippen molar-refractivity contribution in [1.82, 2.24) is 0 Å². The quantitative estimate of drug-likeness (QED) is 0.419. The molecule has 0 radical (unpaired) electrons. The predicted octanol–water partition coefficient (Wildman–Crippen LogP) is 4.45. The molecule has 0 bridgehead atoms. The number of carbonyl (C=O) groups excluding carboxylic acids is 2. The Morgan fingerprint density at radius 2 is 1.39 bits per heavy atom. The largest absolute Gasteiger partial charge is 0.507 e. The lowest BCUT2D eigenvalue weighted by molar-refractivity contribution is -0.132. The van der Waals surface area contributed by atoms with Crippen molar-refractivity contribution >= 4 is 23.1 Å². The van der Waals surface area contributed by atoms with Crippen molar-refractivity contribution in [3.8, 4) is 0 Å². The van der Waals surface area contributed by atoms with Crippen LogP contribution in [0.2, 0.25) is 0 Å². The van der Waals surface area contributed by atoms with Gasteiger partial charge >= 0.3 is 0 Å². The van der Waals surface area contributed by atoms with Crippen LogP contribution >= 0.6 is 0 Å². The first-order valence-electron chi connectivity index (χ1n) is 8.75. The van der Waals surface area contributed by atoms with Gasteiger partial charge in [-0.2, -0.15) is 0 Å². The number of rotatable bonds is 3. The van der Waals surface area contributed by atoms with E-state index in [1.54, 1.807) is 54.6 Å². The van der Waals surface area contributed by atoms with Crippen molar-refractivity contribution in [3.63, 3.8) is 0 Å². The standard InChI is InChI=1S/C23H16FNO3/c24-17-11-13-18(14-12-17)25-20(15-7-3-1-4-8-15)19(22(27)23(25)28)21(26)16-9-5-2-6-10-16/h1-14,20,26H. The molecule has 0 aromatic heterocycles. The van der Waals surface area contributed by atoms with E-state index in [1.807, 2.05) is 6.07 Å². The second kappa shape index (κ2) is 7.12. The molecular weight excluding hydrogens is 357 g/mol. The molecule has 1 atom stereocenters. The molecule has 3 aromatic carbocycles. The molecule has 1 heterocycles. The molecule has 1 fully saturated rings. The zero-order chi connectivity index (χ0) is 19.7. The van der Waals surface area contributed by atoms with Gasteiger partial charge in [-0.05, 0) is 29.8 Å². The van der Waals surface area contributed by atoms with Crippen molar-refractivity contribution in [3.05, 3.63) is 107 Å². The van der Waals surface area contributed by atoms with Gasteiger partial charge in [0.25, 0.3) is 11.7 Å². The van der Waals surface area contributed by atoms with Crippen molar-refractivity contribution in [1.29, 1.82) is 0 Å². The summed E-state index contributed by atoms with van der Waals surface area (Å²) in [6.45, 7) is 0. The number of hydrogen-bond acceptors (Lipinski definition) is 3. The summed E-state index contributed by atoms with van der Waals surface area (Å²) in [6.07, 6.45) is 0. The van der Waals surface area contributed by atoms with Crippen LogP contribution in [-0.4, -0.2) is 16.8 Å². The Labute approximate surface area is 161 Å². The second-order valence-corrected chi connectivity index (χ2v) is 6.42. The van der Waals surface area contributed by atoms with E-state index >= 15 is 0 Å². The van der Waals surface area contributed by atoms with Crippen molar-refractivity contribution in [2.24, 2.45) is 0 Å². The first kappa shape index (κ1) is 17.7. The fourth-order valence-corrected chi connectivity index (χ4v) is 3.40. The molecule has 1 aliphatic heterocycles. The van der Waals surface area contributed by atoms with E-state index in [1.165, 1.54) is 29.2 Å². The molecule has 1 amide bonds. The van der Waals surface area contributed by atoms with Gasteiger partial charge in [-0.3, -0.25) is 14.5 Å². The van der Waals surface area contributed by atoms with Crippen LogP contribution in [0.15, 0.2) is 90.5 Å². The maximum Gasteiger partial charge on any atom is 0.300 e. The minimum atomic E-state index is -0.813. The molecule has 138 valence electrons. The summed E-state index contributed by atoms with van der Waals surface area (Å²) in [6, 6.07) is 22.1. The van der Waals surface area contributed by atoms with E-state index in [0.29, 0.717) is 16.8 Å². The summed E-state index contributed by atoms with van der Waals surface area (Å²) in [4.78, 5) is 27.0. The van der Waals surface area contributed by atoms with Gasteiger partial charge in [0, 0.05) is 11.3 Å². The monoisotopic (exact) mass is 373 g/mol. The number of nitrogens with zero attached hydrogens (tertiary/aromatic N) is 1. The molecule has 0 aliphatic carbocycles. The van der Waals surface area contributed by atoms with Crippen LogP contribution in [-0.2, 0) is 9.59 Å². The minimum absolute atomic E-state index is 0.00623. The third-order valence-corrected chi connectivity index (χ3v) is 4.71. The Balaban J connectivity index is 1.94. The molecule has 1 unspecified atom stereocenters. The molecule has 3 aromatic rings. The fourth-order valence-electron chi connectivity index (χ4n) is 3.40. The first-order chi connectivity index (χ1) is 13.6. The Bertz CT molecular complexity index is 1060. The van der Waals surface area contributed by atoms with Crippen molar-refractivity contribution in [2.45, 2.75) is 6.04 Å². The van der Waals surface area contributed by atoms with Gasteiger partial charge in [-0.1, -0.05) is 60.7 Å². The zero-order valence-corrected chi connectivity index (χ0v) is 14.7. The number of halogens is 1. The zero-order valence-electron chi connectivity index (χ0n) is 14.7. The number of ketones is 1. The van der Waals surface area contributed by atoms with Gasteiger partial charge in [0.1, 0.15) is 11.6 Å². The highest BCUT2D eigenvalue weighted by Crippen LogP contribution is 2.41. The summed E-state index contributed by atoms with van der Waals surface area (Å²) >= 11 is 0. The predicted molar refractivity (Wildman–Crippen MR) is 104 cm³/mol. The van der Waals surface area contributed by atoms with Gasteiger partial charge in [0.15, 0.2) is 0 Å². The maximum absolute atomic E-state index is 13.4. The first-order valence-corrected chi connectivity index (χ1v) is 8.75. The van der Waals surface area contributed by atoms with E-state index in [2.05, 4.69) is 0 Å². The highest BCUT2D eigenvalue weighted by Gasteiger charge is 2.46. The Kier molecular flexibility index (Phi) is 4.49. The third kappa shape index (κ3) is 2.97. The van der Waals surface area contributed by atoms with Crippen LogP contribution < -0.4 is 4.90 Å². The van der Waals surface area contributed by atoms with Gasteiger partial charge in [0.2, 0.25) is 0 Å². The molecule has 0 saturated carbocycles. The summed E-state index contributed by atoms with van der Waals surface area (Å²) in [5.41, 5.74) is 1.50. The van der Waals surface area contributed by atoms with E-state index in [9.17, 15) is 19.1 Å². The van der Waals surface area contributed by atoms with E-state index in [4.69, 9.17) is 0 Å². The number of carbonyl (C=O) groups is 2. The average molecular weight is 373 g/mol. The normalized spacial score (nSPS) is 18.5. The average Bonchev–Trinajstić information content (AvgIpc) is 3.00. The molecule has 0 spiro atoms. The van der Waals surface area contributed by atoms with E-state index in [-0.39, 0.29) is 11.3 Å². The highest BCUT2D eigenvalue weighted by atomic mass is 19.1. The van der Waals surface area contributed by atoms with E-state index < -0.39 is 23.5 Å². The topological polar surface area (TPSA) is 57.6 Å². The SMILES string of the molecule is O=C1C(=O)N(c2ccc(F)cc2)C(c2ccccc2)C1=C(O)c1ccccc1. The Hall–Kier alpha value is -3.73. The van der Waals surface area contributed by atoms with Gasteiger partial charge in [0.05, 0.1) is 11.6 Å². The number of amides is 1. The number of anilines is 1. The molecule has 1 N–H and O–H groups in total. The van der Waals surface area contributed by atoms with Crippen LogP contribution in [0.1, 0.15) is 17.2 Å². The number of hydrogen-bond donors (Lipinski definition) is 1. The smallest absolute Gasteiger partial charge is 0.300 e. The number of aliphatic hydroxyl groups excluding tert-OH is 1. The molecule has 28 heavy (non-hydrogen) atoms. The molecule has 4 nitrogen and oxygen atoms in total. The van der Waals surface area contributed by atoms with Gasteiger partial charge in [-0.15, -0.1) is 0 Å². The molecule has 1 saturated heterocycles. The van der Waals surface area contributed by atoms with Crippen LogP contribution in [0.3, 0.4) is 0 Å². The minimum Gasteiger partial charge on any atom is -0.507 e. The maximum atomic E-state index is 13.4. The molecule has 4 rings (SSSR count). The summed E-state index contributed by atoms with van der Waals surface area (Å²) < 4.78 is 13.4. The van der Waals surface area contributed by atoms with Gasteiger partial charge in [-0.25, -0.2) is 4.39 Å². The van der Waals surface area contributed by atoms with E-state index in [0.717, 1.165) is 0 Å². The Morgan fingerprint density at radius 1 is 0.821 bits per heavy atom. The van der Waals surface area contributed by atoms with Crippen LogP contribution in [0.25, 0.3) is 5.76 Å². The van der Waals surface area contributed by atoms with Gasteiger partial charge < -0.3 is 5.11 Å². The summed E-state index contributed by atoms with van der Waals surface area (Å²) in [5, 5.41) is 10.9. The van der Waals surface area contributed by atoms with Crippen LogP contribution in [0, 0.1) is 5.82 Å². The Morgan fingerprint density at radius 3 is 2.00 bits per heavy atom. The lowest BCUT2D eigenvalue weighted by Crippen LogP contribution is -2.29. The lowest BCUT2D eigenvalue weighted by Gasteiger charge is -2.25. The molecule has 5 heteroatoms.